The Hall–Kier alpha value is -1.02. The van der Waals surface area contributed by atoms with Crippen molar-refractivity contribution in [2.75, 3.05) is 6.61 Å². The summed E-state index contributed by atoms with van der Waals surface area (Å²) in [5.74, 6) is 1.39. The molecule has 0 saturated carbocycles. The zero-order chi connectivity index (χ0) is 10.2. The van der Waals surface area contributed by atoms with Gasteiger partial charge in [-0.3, -0.25) is 0 Å². The van der Waals surface area contributed by atoms with Gasteiger partial charge in [0.2, 0.25) is 0 Å². The first-order valence-corrected chi connectivity index (χ1v) is 5.16. The van der Waals surface area contributed by atoms with Crippen LogP contribution in [0.15, 0.2) is 24.3 Å². The summed E-state index contributed by atoms with van der Waals surface area (Å²) in [5, 5.41) is 0. The predicted octanol–water partition coefficient (Wildman–Crippen LogP) is 2.28. The van der Waals surface area contributed by atoms with E-state index in [4.69, 9.17) is 10.5 Å². The molecule has 1 atom stereocenters. The molecule has 1 aromatic carbocycles. The summed E-state index contributed by atoms with van der Waals surface area (Å²) in [6.07, 6.45) is 0.904. The SMILES string of the molecule is CC(C)C1(N)CCOc2ccccc21. The molecule has 0 fully saturated rings. The third-order valence-corrected chi connectivity index (χ3v) is 3.19. The Balaban J connectivity index is 2.50. The second-order valence-corrected chi connectivity index (χ2v) is 4.29. The minimum absolute atomic E-state index is 0.213. The normalized spacial score (nSPS) is 25.7. The smallest absolute Gasteiger partial charge is 0.124 e. The Morgan fingerprint density at radius 3 is 2.79 bits per heavy atom. The summed E-state index contributed by atoms with van der Waals surface area (Å²) in [6, 6.07) is 8.09. The number of rotatable bonds is 1. The highest BCUT2D eigenvalue weighted by Crippen LogP contribution is 2.39. The summed E-state index contributed by atoms with van der Waals surface area (Å²) in [6.45, 7) is 5.07. The topological polar surface area (TPSA) is 35.2 Å². The third kappa shape index (κ3) is 1.30. The van der Waals surface area contributed by atoms with Crippen LogP contribution in [0.5, 0.6) is 5.75 Å². The van der Waals surface area contributed by atoms with E-state index in [0.29, 0.717) is 5.92 Å². The van der Waals surface area contributed by atoms with Gasteiger partial charge >= 0.3 is 0 Å². The molecule has 1 aromatic rings. The van der Waals surface area contributed by atoms with Crippen molar-refractivity contribution in [2.45, 2.75) is 25.8 Å². The maximum Gasteiger partial charge on any atom is 0.124 e. The van der Waals surface area contributed by atoms with Crippen molar-refractivity contribution in [3.63, 3.8) is 0 Å². The number of fused-ring (bicyclic) bond motifs is 1. The summed E-state index contributed by atoms with van der Waals surface area (Å²) in [4.78, 5) is 0. The van der Waals surface area contributed by atoms with E-state index in [1.54, 1.807) is 0 Å². The quantitative estimate of drug-likeness (QED) is 0.739. The molecule has 1 unspecified atom stereocenters. The molecule has 0 aromatic heterocycles. The predicted molar refractivity (Wildman–Crippen MR) is 57.3 cm³/mol. The molecule has 1 aliphatic rings. The van der Waals surface area contributed by atoms with Crippen LogP contribution in [0.25, 0.3) is 0 Å². The zero-order valence-corrected chi connectivity index (χ0v) is 8.79. The lowest BCUT2D eigenvalue weighted by Gasteiger charge is -2.38. The standard InChI is InChI=1S/C12H17NO/c1-9(2)12(13)7-8-14-11-6-4-3-5-10(11)12/h3-6,9H,7-8,13H2,1-2H3. The van der Waals surface area contributed by atoms with E-state index in [0.717, 1.165) is 24.3 Å². The highest BCUT2D eigenvalue weighted by atomic mass is 16.5. The zero-order valence-electron chi connectivity index (χ0n) is 8.79. The summed E-state index contributed by atoms with van der Waals surface area (Å²) in [5.41, 5.74) is 7.37. The maximum atomic E-state index is 6.43. The van der Waals surface area contributed by atoms with Gasteiger partial charge in [0, 0.05) is 12.0 Å². The largest absolute Gasteiger partial charge is 0.493 e. The van der Waals surface area contributed by atoms with Crippen LogP contribution in [0.4, 0.5) is 0 Å². The second-order valence-electron chi connectivity index (χ2n) is 4.29. The van der Waals surface area contributed by atoms with Gasteiger partial charge in [-0.15, -0.1) is 0 Å². The number of hydrogen-bond acceptors (Lipinski definition) is 2. The van der Waals surface area contributed by atoms with E-state index in [-0.39, 0.29) is 5.54 Å². The Morgan fingerprint density at radius 1 is 1.36 bits per heavy atom. The first-order chi connectivity index (χ1) is 6.64. The van der Waals surface area contributed by atoms with Crippen LogP contribution >= 0.6 is 0 Å². The van der Waals surface area contributed by atoms with Gasteiger partial charge < -0.3 is 10.5 Å². The molecule has 0 spiro atoms. The van der Waals surface area contributed by atoms with E-state index in [9.17, 15) is 0 Å². The van der Waals surface area contributed by atoms with Crippen molar-refractivity contribution >= 4 is 0 Å². The number of nitrogens with two attached hydrogens (primary N) is 1. The van der Waals surface area contributed by atoms with Crippen LogP contribution < -0.4 is 10.5 Å². The van der Waals surface area contributed by atoms with Crippen molar-refractivity contribution in [3.8, 4) is 5.75 Å². The van der Waals surface area contributed by atoms with E-state index in [2.05, 4.69) is 19.9 Å². The fourth-order valence-corrected chi connectivity index (χ4v) is 2.04. The monoisotopic (exact) mass is 191 g/mol. The second kappa shape index (κ2) is 3.28. The van der Waals surface area contributed by atoms with Gasteiger partial charge in [0.1, 0.15) is 5.75 Å². The van der Waals surface area contributed by atoms with Crippen LogP contribution in [0.1, 0.15) is 25.8 Å². The third-order valence-electron chi connectivity index (χ3n) is 3.19. The highest BCUT2D eigenvalue weighted by Gasteiger charge is 2.36. The first kappa shape index (κ1) is 9.53. The molecule has 2 N–H and O–H groups in total. The molecule has 0 saturated heterocycles. The molecule has 0 radical (unpaired) electrons. The van der Waals surface area contributed by atoms with E-state index >= 15 is 0 Å². The van der Waals surface area contributed by atoms with Crippen molar-refractivity contribution in [3.05, 3.63) is 29.8 Å². The summed E-state index contributed by atoms with van der Waals surface area (Å²) < 4.78 is 5.59. The molecular formula is C12H17NO. The van der Waals surface area contributed by atoms with Crippen molar-refractivity contribution in [2.24, 2.45) is 11.7 Å². The molecule has 2 rings (SSSR count). The van der Waals surface area contributed by atoms with E-state index in [1.807, 2.05) is 18.2 Å². The molecule has 14 heavy (non-hydrogen) atoms. The number of hydrogen-bond donors (Lipinski definition) is 1. The molecule has 76 valence electrons. The molecule has 1 aliphatic heterocycles. The van der Waals surface area contributed by atoms with Crippen LogP contribution in [0.2, 0.25) is 0 Å². The Labute approximate surface area is 85.1 Å². The molecular weight excluding hydrogens is 174 g/mol. The number of para-hydroxylation sites is 1. The minimum atomic E-state index is -0.213. The van der Waals surface area contributed by atoms with Gasteiger partial charge in [0.25, 0.3) is 0 Å². The average Bonchev–Trinajstić information content (AvgIpc) is 2.18. The lowest BCUT2D eigenvalue weighted by atomic mass is 9.77. The Morgan fingerprint density at radius 2 is 2.07 bits per heavy atom. The number of benzene rings is 1. The fraction of sp³-hybridized carbons (Fsp3) is 0.500. The van der Waals surface area contributed by atoms with E-state index in [1.165, 1.54) is 0 Å². The van der Waals surface area contributed by atoms with Gasteiger partial charge in [0.15, 0.2) is 0 Å². The molecule has 2 heteroatoms. The first-order valence-electron chi connectivity index (χ1n) is 5.16. The van der Waals surface area contributed by atoms with Crippen LogP contribution in [0, 0.1) is 5.92 Å². The minimum Gasteiger partial charge on any atom is -0.493 e. The van der Waals surface area contributed by atoms with E-state index < -0.39 is 0 Å². The fourth-order valence-electron chi connectivity index (χ4n) is 2.04. The molecule has 0 aliphatic carbocycles. The highest BCUT2D eigenvalue weighted by molar-refractivity contribution is 5.40. The van der Waals surface area contributed by atoms with Crippen LogP contribution in [0.3, 0.4) is 0 Å². The van der Waals surface area contributed by atoms with Gasteiger partial charge in [-0.25, -0.2) is 0 Å². The Kier molecular flexibility index (Phi) is 2.23. The summed E-state index contributed by atoms with van der Waals surface area (Å²) >= 11 is 0. The van der Waals surface area contributed by atoms with Crippen molar-refractivity contribution < 1.29 is 4.74 Å². The number of ether oxygens (including phenoxy) is 1. The van der Waals surface area contributed by atoms with Gasteiger partial charge in [-0.2, -0.15) is 0 Å². The van der Waals surface area contributed by atoms with Gasteiger partial charge in [-0.1, -0.05) is 32.0 Å². The van der Waals surface area contributed by atoms with Crippen LogP contribution in [-0.4, -0.2) is 6.61 Å². The van der Waals surface area contributed by atoms with Crippen molar-refractivity contribution in [1.82, 2.24) is 0 Å². The van der Waals surface area contributed by atoms with Gasteiger partial charge in [-0.05, 0) is 12.0 Å². The average molecular weight is 191 g/mol. The lowest BCUT2D eigenvalue weighted by Crippen LogP contribution is -2.45. The Bertz CT molecular complexity index is 335. The van der Waals surface area contributed by atoms with Crippen molar-refractivity contribution in [1.29, 1.82) is 0 Å². The molecule has 0 bridgehead atoms. The molecule has 2 nitrogen and oxygen atoms in total. The summed E-state index contributed by atoms with van der Waals surface area (Å²) in [7, 11) is 0. The van der Waals surface area contributed by atoms with Gasteiger partial charge in [0.05, 0.1) is 12.1 Å². The maximum absolute atomic E-state index is 6.43. The molecule has 1 heterocycles. The van der Waals surface area contributed by atoms with Crippen LogP contribution in [-0.2, 0) is 5.54 Å². The lowest BCUT2D eigenvalue weighted by molar-refractivity contribution is 0.178. The molecule has 0 amide bonds.